The molecular weight excluding hydrogens is 472 g/mol. The molecule has 0 saturated heterocycles. The topological polar surface area (TPSA) is 90.2 Å². The van der Waals surface area contributed by atoms with E-state index >= 15 is 0 Å². The van der Waals surface area contributed by atoms with Gasteiger partial charge in [0.25, 0.3) is 0 Å². The minimum absolute atomic E-state index is 0.0255. The van der Waals surface area contributed by atoms with Gasteiger partial charge < -0.3 is 14.0 Å². The standard InChI is InChI=1S/C26H23F2N3O5/c1-16-14-21(17(2)30(16)18-8-10-20(11-9-18)36-26(27)28)23(32)15-35-25(34)22-12-13-24(33)31(29-22)19-6-4-3-5-7-19/h3-11,14,26H,12-13,15H2,1-2H3. The highest BCUT2D eigenvalue weighted by atomic mass is 19.3. The summed E-state index contributed by atoms with van der Waals surface area (Å²) < 4.78 is 36.2. The lowest BCUT2D eigenvalue weighted by atomic mass is 10.1. The first-order chi connectivity index (χ1) is 17.2. The third-order valence-electron chi connectivity index (χ3n) is 5.65. The molecule has 36 heavy (non-hydrogen) atoms. The predicted octanol–water partition coefficient (Wildman–Crippen LogP) is 4.60. The van der Waals surface area contributed by atoms with Crippen LogP contribution in [0.5, 0.6) is 5.75 Å². The molecule has 1 aliphatic heterocycles. The number of rotatable bonds is 8. The number of hydrogen-bond acceptors (Lipinski definition) is 6. The maximum atomic E-state index is 12.9. The van der Waals surface area contributed by atoms with Gasteiger partial charge in [0.05, 0.1) is 5.69 Å². The summed E-state index contributed by atoms with van der Waals surface area (Å²) in [4.78, 5) is 37.7. The second-order valence-electron chi connectivity index (χ2n) is 8.08. The predicted molar refractivity (Wildman–Crippen MR) is 128 cm³/mol. The van der Waals surface area contributed by atoms with E-state index in [1.165, 1.54) is 12.1 Å². The van der Waals surface area contributed by atoms with Gasteiger partial charge >= 0.3 is 12.6 Å². The van der Waals surface area contributed by atoms with Crippen LogP contribution in [0.1, 0.15) is 34.6 Å². The van der Waals surface area contributed by atoms with Gasteiger partial charge in [-0.05, 0) is 56.3 Å². The number of alkyl halides is 2. The van der Waals surface area contributed by atoms with Crippen molar-refractivity contribution in [3.05, 3.63) is 77.6 Å². The van der Waals surface area contributed by atoms with Gasteiger partial charge in [0.1, 0.15) is 11.5 Å². The number of esters is 1. The molecule has 0 spiro atoms. The van der Waals surface area contributed by atoms with Gasteiger partial charge in [-0.25, -0.2) is 9.80 Å². The van der Waals surface area contributed by atoms with E-state index in [4.69, 9.17) is 4.74 Å². The van der Waals surface area contributed by atoms with Crippen molar-refractivity contribution in [2.24, 2.45) is 5.10 Å². The molecule has 2 heterocycles. The molecule has 0 fully saturated rings. The number of aryl methyl sites for hydroxylation is 1. The first kappa shape index (κ1) is 24.8. The van der Waals surface area contributed by atoms with Crippen LogP contribution in [0.2, 0.25) is 0 Å². The Morgan fingerprint density at radius 1 is 1.00 bits per heavy atom. The van der Waals surface area contributed by atoms with Gasteiger partial charge in [-0.1, -0.05) is 18.2 Å². The maximum absolute atomic E-state index is 12.9. The Morgan fingerprint density at radius 2 is 1.69 bits per heavy atom. The summed E-state index contributed by atoms with van der Waals surface area (Å²) in [5.41, 5.74) is 2.95. The van der Waals surface area contributed by atoms with Gasteiger partial charge in [-0.2, -0.15) is 13.9 Å². The van der Waals surface area contributed by atoms with Crippen molar-refractivity contribution in [3.8, 4) is 11.4 Å². The molecule has 0 N–H and O–H groups in total. The number of Topliss-reactive ketones (excluding diaryl/α,β-unsaturated/α-hetero) is 1. The molecule has 0 aliphatic carbocycles. The first-order valence-corrected chi connectivity index (χ1v) is 11.1. The summed E-state index contributed by atoms with van der Waals surface area (Å²) in [5.74, 6) is -1.39. The second kappa shape index (κ2) is 10.5. The van der Waals surface area contributed by atoms with E-state index in [9.17, 15) is 23.2 Å². The minimum Gasteiger partial charge on any atom is -0.453 e. The van der Waals surface area contributed by atoms with Crippen LogP contribution in [-0.2, 0) is 14.3 Å². The number of halogens is 2. The highest BCUT2D eigenvalue weighted by Crippen LogP contribution is 2.24. The number of hydrogen-bond donors (Lipinski definition) is 0. The number of carbonyl (C=O) groups excluding carboxylic acids is 3. The molecule has 1 aliphatic rings. The largest absolute Gasteiger partial charge is 0.453 e. The van der Waals surface area contributed by atoms with Crippen molar-refractivity contribution in [1.82, 2.24) is 4.57 Å². The van der Waals surface area contributed by atoms with E-state index < -0.39 is 25.0 Å². The molecule has 0 radical (unpaired) electrons. The molecule has 10 heteroatoms. The van der Waals surface area contributed by atoms with E-state index in [-0.39, 0.29) is 30.2 Å². The van der Waals surface area contributed by atoms with E-state index in [1.807, 2.05) is 0 Å². The average molecular weight is 495 g/mol. The molecule has 3 aromatic rings. The average Bonchev–Trinajstić information content (AvgIpc) is 3.17. The van der Waals surface area contributed by atoms with Gasteiger partial charge in [0.2, 0.25) is 11.7 Å². The molecule has 186 valence electrons. The molecule has 0 atom stereocenters. The summed E-state index contributed by atoms with van der Waals surface area (Å²) in [6, 6.07) is 16.4. The van der Waals surface area contributed by atoms with Crippen LogP contribution >= 0.6 is 0 Å². The SMILES string of the molecule is Cc1cc(C(=O)COC(=O)C2=NN(c3ccccc3)C(=O)CC2)c(C)n1-c1ccc(OC(F)F)cc1. The highest BCUT2D eigenvalue weighted by molar-refractivity contribution is 6.38. The summed E-state index contributed by atoms with van der Waals surface area (Å²) in [5, 5.41) is 5.30. The molecule has 1 aromatic heterocycles. The number of anilines is 1. The fourth-order valence-electron chi connectivity index (χ4n) is 3.98. The van der Waals surface area contributed by atoms with Crippen LogP contribution in [0.4, 0.5) is 14.5 Å². The Kier molecular flexibility index (Phi) is 7.23. The van der Waals surface area contributed by atoms with Crippen molar-refractivity contribution in [2.45, 2.75) is 33.3 Å². The fraction of sp³-hybridized carbons (Fsp3) is 0.231. The number of carbonyl (C=O) groups is 3. The van der Waals surface area contributed by atoms with E-state index in [1.54, 1.807) is 66.9 Å². The molecule has 8 nitrogen and oxygen atoms in total. The monoisotopic (exact) mass is 495 g/mol. The Morgan fingerprint density at radius 3 is 2.36 bits per heavy atom. The number of nitrogens with zero attached hydrogens (tertiary/aromatic N) is 3. The molecule has 2 aromatic carbocycles. The number of para-hydroxylation sites is 1. The van der Waals surface area contributed by atoms with Gasteiger partial charge in [-0.15, -0.1) is 0 Å². The maximum Gasteiger partial charge on any atom is 0.387 e. The Bertz CT molecular complexity index is 1320. The quantitative estimate of drug-likeness (QED) is 0.337. The van der Waals surface area contributed by atoms with E-state index in [0.29, 0.717) is 22.6 Å². The van der Waals surface area contributed by atoms with Crippen molar-refractivity contribution in [3.63, 3.8) is 0 Å². The molecule has 4 rings (SSSR count). The van der Waals surface area contributed by atoms with Crippen molar-refractivity contribution >= 4 is 29.1 Å². The van der Waals surface area contributed by atoms with Crippen LogP contribution < -0.4 is 9.75 Å². The Balaban J connectivity index is 1.45. The number of ether oxygens (including phenoxy) is 2. The first-order valence-electron chi connectivity index (χ1n) is 11.1. The van der Waals surface area contributed by atoms with Crippen molar-refractivity contribution in [1.29, 1.82) is 0 Å². The number of ketones is 1. The zero-order valence-electron chi connectivity index (χ0n) is 19.6. The molecule has 1 amide bonds. The lowest BCUT2D eigenvalue weighted by Gasteiger charge is -2.22. The molecule has 0 saturated carbocycles. The Labute approximate surface area is 205 Å². The van der Waals surface area contributed by atoms with Gasteiger partial charge in [-0.3, -0.25) is 9.59 Å². The number of aromatic nitrogens is 1. The normalized spacial score (nSPS) is 13.5. The molecule has 0 bridgehead atoms. The molecular formula is C26H23F2N3O5. The van der Waals surface area contributed by atoms with Crippen LogP contribution in [0, 0.1) is 13.8 Å². The number of amides is 1. The summed E-state index contributed by atoms with van der Waals surface area (Å²) in [7, 11) is 0. The van der Waals surface area contributed by atoms with E-state index in [2.05, 4.69) is 9.84 Å². The smallest absolute Gasteiger partial charge is 0.387 e. The lowest BCUT2D eigenvalue weighted by molar-refractivity contribution is -0.134. The van der Waals surface area contributed by atoms with Gasteiger partial charge in [0, 0.05) is 35.5 Å². The van der Waals surface area contributed by atoms with Crippen LogP contribution in [0.3, 0.4) is 0 Å². The third kappa shape index (κ3) is 5.32. The Hall–Kier alpha value is -4.34. The van der Waals surface area contributed by atoms with Gasteiger partial charge in [0.15, 0.2) is 6.61 Å². The van der Waals surface area contributed by atoms with E-state index in [0.717, 1.165) is 10.7 Å². The summed E-state index contributed by atoms with van der Waals surface area (Å²) in [6.45, 7) is 0.118. The number of benzene rings is 2. The van der Waals surface area contributed by atoms with Crippen molar-refractivity contribution < 1.29 is 32.6 Å². The van der Waals surface area contributed by atoms with Crippen LogP contribution in [0.15, 0.2) is 65.8 Å². The lowest BCUT2D eigenvalue weighted by Crippen LogP contribution is -2.35. The molecule has 0 unspecified atom stereocenters. The third-order valence-corrected chi connectivity index (χ3v) is 5.65. The zero-order chi connectivity index (χ0) is 25.8. The number of hydrazone groups is 1. The zero-order valence-corrected chi connectivity index (χ0v) is 19.6. The van der Waals surface area contributed by atoms with Crippen molar-refractivity contribution in [2.75, 3.05) is 11.6 Å². The van der Waals surface area contributed by atoms with Crippen LogP contribution in [-0.4, -0.2) is 41.2 Å². The fourth-order valence-corrected chi connectivity index (χ4v) is 3.98. The highest BCUT2D eigenvalue weighted by Gasteiger charge is 2.27. The second-order valence-corrected chi connectivity index (χ2v) is 8.08. The summed E-state index contributed by atoms with van der Waals surface area (Å²) >= 11 is 0. The van der Waals surface area contributed by atoms with Crippen LogP contribution in [0.25, 0.3) is 5.69 Å². The minimum atomic E-state index is -2.92. The summed E-state index contributed by atoms with van der Waals surface area (Å²) in [6.07, 6.45) is 0.216.